The molecule has 0 saturated heterocycles. The van der Waals surface area contributed by atoms with E-state index in [0.29, 0.717) is 11.8 Å². The van der Waals surface area contributed by atoms with Gasteiger partial charge in [-0.05, 0) is 41.4 Å². The Morgan fingerprint density at radius 1 is 1.21 bits per heavy atom. The highest BCUT2D eigenvalue weighted by Gasteiger charge is 2.22. The number of hydrogen-bond donors (Lipinski definition) is 0. The van der Waals surface area contributed by atoms with Gasteiger partial charge in [-0.3, -0.25) is 0 Å². The van der Waals surface area contributed by atoms with Crippen LogP contribution in [-0.4, -0.2) is 11.9 Å². The first-order valence-corrected chi connectivity index (χ1v) is 8.26. The fourth-order valence-corrected chi connectivity index (χ4v) is 2.72. The summed E-state index contributed by atoms with van der Waals surface area (Å²) < 4.78 is 5.78. The SMILES string of the molecule is CCOc1ccc(C(C)C(C)CBr)cc1C(C)(C)C. The predicted octanol–water partition coefficient (Wildman–Crippen LogP) is 5.52. The van der Waals surface area contributed by atoms with Crippen molar-refractivity contribution in [1.82, 2.24) is 0 Å². The molecular weight excluding hydrogens is 300 g/mol. The first-order chi connectivity index (χ1) is 8.81. The van der Waals surface area contributed by atoms with Gasteiger partial charge in [0.2, 0.25) is 0 Å². The van der Waals surface area contributed by atoms with Gasteiger partial charge in [0.05, 0.1) is 6.61 Å². The average Bonchev–Trinajstić information content (AvgIpc) is 2.36. The topological polar surface area (TPSA) is 9.23 Å². The molecule has 1 rings (SSSR count). The van der Waals surface area contributed by atoms with Crippen LogP contribution in [0.1, 0.15) is 58.6 Å². The van der Waals surface area contributed by atoms with E-state index in [1.54, 1.807) is 0 Å². The first-order valence-electron chi connectivity index (χ1n) is 7.14. The third kappa shape index (κ3) is 4.24. The fourth-order valence-electron chi connectivity index (χ4n) is 2.16. The van der Waals surface area contributed by atoms with Crippen LogP contribution in [0.2, 0.25) is 0 Å². The lowest BCUT2D eigenvalue weighted by atomic mass is 9.82. The lowest BCUT2D eigenvalue weighted by Crippen LogP contribution is -2.15. The molecule has 0 spiro atoms. The monoisotopic (exact) mass is 326 g/mol. The van der Waals surface area contributed by atoms with E-state index in [1.165, 1.54) is 11.1 Å². The highest BCUT2D eigenvalue weighted by atomic mass is 79.9. The summed E-state index contributed by atoms with van der Waals surface area (Å²) >= 11 is 3.59. The minimum atomic E-state index is 0.109. The van der Waals surface area contributed by atoms with Crippen molar-refractivity contribution < 1.29 is 4.74 Å². The minimum Gasteiger partial charge on any atom is -0.494 e. The second-order valence-electron chi connectivity index (χ2n) is 6.36. The molecule has 0 saturated carbocycles. The standard InChI is InChI=1S/C17H27BrO/c1-7-19-16-9-8-14(13(3)12(2)11-18)10-15(16)17(4,5)6/h8-10,12-13H,7,11H2,1-6H3. The van der Waals surface area contributed by atoms with E-state index in [4.69, 9.17) is 4.74 Å². The van der Waals surface area contributed by atoms with Gasteiger partial charge in [-0.15, -0.1) is 0 Å². The summed E-state index contributed by atoms with van der Waals surface area (Å²) in [6.45, 7) is 14.1. The van der Waals surface area contributed by atoms with Crippen LogP contribution in [0.25, 0.3) is 0 Å². The van der Waals surface area contributed by atoms with E-state index in [9.17, 15) is 0 Å². The van der Waals surface area contributed by atoms with Gasteiger partial charge in [-0.25, -0.2) is 0 Å². The number of ether oxygens (including phenoxy) is 1. The number of rotatable bonds is 5. The maximum atomic E-state index is 5.78. The molecule has 19 heavy (non-hydrogen) atoms. The maximum Gasteiger partial charge on any atom is 0.123 e. The Labute approximate surface area is 126 Å². The normalized spacial score (nSPS) is 15.1. The van der Waals surface area contributed by atoms with Gasteiger partial charge in [0.15, 0.2) is 0 Å². The Balaban J connectivity index is 3.18. The highest BCUT2D eigenvalue weighted by Crippen LogP contribution is 2.35. The molecule has 0 radical (unpaired) electrons. The van der Waals surface area contributed by atoms with E-state index < -0.39 is 0 Å². The van der Waals surface area contributed by atoms with Crippen LogP contribution >= 0.6 is 15.9 Å². The van der Waals surface area contributed by atoms with E-state index >= 15 is 0 Å². The number of benzene rings is 1. The third-order valence-corrected chi connectivity index (χ3v) is 4.76. The quantitative estimate of drug-likeness (QED) is 0.647. The summed E-state index contributed by atoms with van der Waals surface area (Å²) in [5.74, 6) is 2.21. The van der Waals surface area contributed by atoms with Gasteiger partial charge in [0.25, 0.3) is 0 Å². The molecule has 0 fully saturated rings. The molecule has 0 aliphatic heterocycles. The van der Waals surface area contributed by atoms with Crippen molar-refractivity contribution in [2.45, 2.75) is 52.9 Å². The molecular formula is C17H27BrO. The Hall–Kier alpha value is -0.500. The Morgan fingerprint density at radius 3 is 2.32 bits per heavy atom. The molecule has 0 heterocycles. The van der Waals surface area contributed by atoms with Crippen LogP contribution < -0.4 is 4.74 Å². The van der Waals surface area contributed by atoms with Crippen LogP contribution in [0.15, 0.2) is 18.2 Å². The van der Waals surface area contributed by atoms with E-state index in [2.05, 4.69) is 68.7 Å². The van der Waals surface area contributed by atoms with Gasteiger partial charge in [-0.2, -0.15) is 0 Å². The molecule has 2 atom stereocenters. The minimum absolute atomic E-state index is 0.109. The second-order valence-corrected chi connectivity index (χ2v) is 7.01. The molecule has 0 bridgehead atoms. The summed E-state index contributed by atoms with van der Waals surface area (Å²) in [5, 5.41) is 1.03. The summed E-state index contributed by atoms with van der Waals surface area (Å²) in [7, 11) is 0. The Kier molecular flexibility index (Phi) is 5.91. The molecule has 0 aliphatic rings. The molecule has 0 amide bonds. The summed E-state index contributed by atoms with van der Waals surface area (Å²) in [5.41, 5.74) is 2.82. The van der Waals surface area contributed by atoms with Crippen molar-refractivity contribution in [3.05, 3.63) is 29.3 Å². The van der Waals surface area contributed by atoms with Crippen LogP contribution in [-0.2, 0) is 5.41 Å². The predicted molar refractivity (Wildman–Crippen MR) is 87.7 cm³/mol. The second kappa shape index (κ2) is 6.78. The Morgan fingerprint density at radius 2 is 1.84 bits per heavy atom. The van der Waals surface area contributed by atoms with Crippen molar-refractivity contribution in [1.29, 1.82) is 0 Å². The molecule has 0 aromatic heterocycles. The summed E-state index contributed by atoms with van der Waals surface area (Å²) in [6, 6.07) is 6.68. The van der Waals surface area contributed by atoms with E-state index in [1.807, 2.05) is 6.92 Å². The average molecular weight is 327 g/mol. The largest absolute Gasteiger partial charge is 0.494 e. The molecule has 0 aliphatic carbocycles. The van der Waals surface area contributed by atoms with Crippen molar-refractivity contribution in [3.63, 3.8) is 0 Å². The van der Waals surface area contributed by atoms with Crippen molar-refractivity contribution >= 4 is 15.9 Å². The zero-order valence-electron chi connectivity index (χ0n) is 13.1. The Bertz CT molecular complexity index is 406. The van der Waals surface area contributed by atoms with Crippen molar-refractivity contribution in [3.8, 4) is 5.75 Å². The zero-order valence-corrected chi connectivity index (χ0v) is 14.7. The molecule has 1 nitrogen and oxygen atoms in total. The molecule has 0 N–H and O–H groups in total. The lowest BCUT2D eigenvalue weighted by Gasteiger charge is -2.26. The number of alkyl halides is 1. The van der Waals surface area contributed by atoms with Crippen LogP contribution in [0.4, 0.5) is 0 Å². The van der Waals surface area contributed by atoms with Crippen molar-refractivity contribution in [2.75, 3.05) is 11.9 Å². The van der Waals surface area contributed by atoms with Crippen LogP contribution in [0, 0.1) is 5.92 Å². The van der Waals surface area contributed by atoms with E-state index in [0.717, 1.165) is 17.7 Å². The maximum absolute atomic E-state index is 5.78. The van der Waals surface area contributed by atoms with Gasteiger partial charge >= 0.3 is 0 Å². The van der Waals surface area contributed by atoms with Crippen LogP contribution in [0.3, 0.4) is 0 Å². The molecule has 2 unspecified atom stereocenters. The molecule has 2 heteroatoms. The summed E-state index contributed by atoms with van der Waals surface area (Å²) in [6.07, 6.45) is 0. The molecule has 1 aromatic carbocycles. The number of hydrogen-bond acceptors (Lipinski definition) is 1. The van der Waals surface area contributed by atoms with Gasteiger partial charge in [-0.1, -0.05) is 62.7 Å². The zero-order chi connectivity index (χ0) is 14.6. The highest BCUT2D eigenvalue weighted by molar-refractivity contribution is 9.09. The first kappa shape index (κ1) is 16.6. The molecule has 108 valence electrons. The van der Waals surface area contributed by atoms with Gasteiger partial charge in [0.1, 0.15) is 5.75 Å². The smallest absolute Gasteiger partial charge is 0.123 e. The lowest BCUT2D eigenvalue weighted by molar-refractivity contribution is 0.329. The van der Waals surface area contributed by atoms with Gasteiger partial charge < -0.3 is 4.74 Å². The van der Waals surface area contributed by atoms with Gasteiger partial charge in [0, 0.05) is 5.33 Å². The fraction of sp³-hybridized carbons (Fsp3) is 0.647. The van der Waals surface area contributed by atoms with E-state index in [-0.39, 0.29) is 5.41 Å². The molecule has 1 aromatic rings. The van der Waals surface area contributed by atoms with Crippen LogP contribution in [0.5, 0.6) is 5.75 Å². The summed E-state index contributed by atoms with van der Waals surface area (Å²) in [4.78, 5) is 0. The third-order valence-electron chi connectivity index (χ3n) is 3.73. The van der Waals surface area contributed by atoms with Crippen molar-refractivity contribution in [2.24, 2.45) is 5.92 Å². The number of halogens is 1.